The van der Waals surface area contributed by atoms with Crippen LogP contribution in [0.15, 0.2) is 41.4 Å². The molecule has 2 N–H and O–H groups in total. The summed E-state index contributed by atoms with van der Waals surface area (Å²) in [5, 5.41) is 10.4. The first kappa shape index (κ1) is 19.4. The largest absolute Gasteiger partial charge is 0.321 e. The number of nitrogens with zero attached hydrogens (tertiary/aromatic N) is 2. The van der Waals surface area contributed by atoms with Crippen LogP contribution in [0.1, 0.15) is 29.4 Å². The zero-order valence-electron chi connectivity index (χ0n) is 13.8. The van der Waals surface area contributed by atoms with E-state index < -0.39 is 9.84 Å². The Balaban J connectivity index is 0.00000225. The van der Waals surface area contributed by atoms with Gasteiger partial charge in [-0.2, -0.15) is 5.10 Å². The Morgan fingerprint density at radius 2 is 2.16 bits per heavy atom. The third kappa shape index (κ3) is 4.81. The topological polar surface area (TPSA) is 93.1 Å². The molecule has 3 rings (SSSR count). The van der Waals surface area contributed by atoms with Gasteiger partial charge in [0.1, 0.15) is 0 Å². The molecule has 1 aromatic carbocycles. The fraction of sp³-hybridized carbons (Fsp3) is 0.375. The van der Waals surface area contributed by atoms with E-state index in [2.05, 4.69) is 15.7 Å². The summed E-state index contributed by atoms with van der Waals surface area (Å²) in [7, 11) is -3.31. The van der Waals surface area contributed by atoms with Crippen LogP contribution >= 0.6 is 12.4 Å². The molecule has 0 aliphatic carbocycles. The molecule has 1 fully saturated rings. The number of halogens is 1. The smallest absolute Gasteiger partial charge is 0.276 e. The van der Waals surface area contributed by atoms with E-state index in [4.69, 9.17) is 0 Å². The number of carbonyl (C=O) groups is 1. The number of rotatable bonds is 4. The van der Waals surface area contributed by atoms with Gasteiger partial charge in [0.05, 0.1) is 10.9 Å². The monoisotopic (exact) mass is 384 g/mol. The molecule has 1 aliphatic heterocycles. The summed E-state index contributed by atoms with van der Waals surface area (Å²) in [5.41, 5.74) is 0.738. The minimum atomic E-state index is -3.31. The molecule has 1 aliphatic rings. The molecule has 1 aromatic heterocycles. The molecule has 0 spiro atoms. The van der Waals surface area contributed by atoms with Crippen LogP contribution in [0.5, 0.6) is 0 Å². The van der Waals surface area contributed by atoms with Gasteiger partial charge in [0.15, 0.2) is 15.5 Å². The fourth-order valence-corrected chi connectivity index (χ4v) is 3.39. The van der Waals surface area contributed by atoms with Crippen molar-refractivity contribution in [2.75, 3.05) is 24.7 Å². The van der Waals surface area contributed by atoms with Crippen molar-refractivity contribution in [2.45, 2.75) is 23.8 Å². The first-order valence-corrected chi connectivity index (χ1v) is 9.70. The van der Waals surface area contributed by atoms with E-state index in [9.17, 15) is 13.2 Å². The number of amides is 1. The van der Waals surface area contributed by atoms with E-state index in [1.807, 2.05) is 4.68 Å². The van der Waals surface area contributed by atoms with Gasteiger partial charge >= 0.3 is 0 Å². The third-order valence-corrected chi connectivity index (χ3v) is 5.12. The number of nitrogens with one attached hydrogen (secondary N) is 2. The third-order valence-electron chi connectivity index (χ3n) is 4.01. The summed E-state index contributed by atoms with van der Waals surface area (Å²) in [6.07, 6.45) is 5.06. The molecule has 0 radical (unpaired) electrons. The van der Waals surface area contributed by atoms with Crippen molar-refractivity contribution in [1.82, 2.24) is 15.1 Å². The quantitative estimate of drug-likeness (QED) is 0.839. The first-order chi connectivity index (χ1) is 11.4. The molecule has 1 saturated heterocycles. The minimum absolute atomic E-state index is 0. The predicted molar refractivity (Wildman–Crippen MR) is 98.1 cm³/mol. The Morgan fingerprint density at radius 3 is 2.84 bits per heavy atom. The van der Waals surface area contributed by atoms with E-state index in [0.29, 0.717) is 11.4 Å². The number of hydrogen-bond acceptors (Lipinski definition) is 5. The minimum Gasteiger partial charge on any atom is -0.321 e. The van der Waals surface area contributed by atoms with E-state index >= 15 is 0 Å². The standard InChI is InChI=1S/C16H20N4O3S.ClH/c1-24(22,23)14-6-2-4-12(10-14)18-16(21)15-7-9-20(19-15)13-5-3-8-17-11-13;/h2,4,6-7,9-10,13,17H,3,5,8,11H2,1H3,(H,18,21);1H. The molecule has 9 heteroatoms. The number of hydrogen-bond donors (Lipinski definition) is 2. The molecular weight excluding hydrogens is 364 g/mol. The molecule has 0 saturated carbocycles. The Bertz CT molecular complexity index is 845. The number of sulfone groups is 1. The van der Waals surface area contributed by atoms with E-state index in [1.165, 1.54) is 12.1 Å². The van der Waals surface area contributed by atoms with Crippen molar-refractivity contribution in [3.05, 3.63) is 42.2 Å². The zero-order valence-corrected chi connectivity index (χ0v) is 15.4. The maximum absolute atomic E-state index is 12.3. The molecule has 1 amide bonds. The van der Waals surface area contributed by atoms with Crippen LogP contribution in [0.25, 0.3) is 0 Å². The fourth-order valence-electron chi connectivity index (χ4n) is 2.72. The molecule has 136 valence electrons. The maximum atomic E-state index is 12.3. The lowest BCUT2D eigenvalue weighted by Gasteiger charge is -2.22. The lowest BCUT2D eigenvalue weighted by Crippen LogP contribution is -2.32. The molecule has 2 aromatic rings. The summed E-state index contributed by atoms with van der Waals surface area (Å²) in [4.78, 5) is 12.5. The van der Waals surface area contributed by atoms with Crippen LogP contribution in [0, 0.1) is 0 Å². The Labute approximate surface area is 153 Å². The summed E-state index contributed by atoms with van der Waals surface area (Å²) in [6.45, 7) is 1.86. The number of anilines is 1. The second-order valence-electron chi connectivity index (χ2n) is 5.94. The van der Waals surface area contributed by atoms with E-state index in [1.54, 1.807) is 24.4 Å². The van der Waals surface area contributed by atoms with E-state index in [0.717, 1.165) is 32.2 Å². The lowest BCUT2D eigenvalue weighted by molar-refractivity contribution is 0.102. The van der Waals surface area contributed by atoms with Crippen molar-refractivity contribution >= 4 is 33.8 Å². The van der Waals surface area contributed by atoms with Crippen molar-refractivity contribution in [3.63, 3.8) is 0 Å². The van der Waals surface area contributed by atoms with Crippen molar-refractivity contribution in [3.8, 4) is 0 Å². The van der Waals surface area contributed by atoms with Gasteiger partial charge in [0, 0.05) is 24.7 Å². The van der Waals surface area contributed by atoms with Gasteiger partial charge in [-0.15, -0.1) is 12.4 Å². The summed E-state index contributed by atoms with van der Waals surface area (Å²) in [6, 6.07) is 8.11. The Hall–Kier alpha value is -1.90. The average Bonchev–Trinajstić information content (AvgIpc) is 3.05. The van der Waals surface area contributed by atoms with Crippen LogP contribution in [0.4, 0.5) is 5.69 Å². The predicted octanol–water partition coefficient (Wildman–Crippen LogP) is 1.89. The summed E-state index contributed by atoms with van der Waals surface area (Å²) < 4.78 is 25.0. The summed E-state index contributed by atoms with van der Waals surface area (Å²) >= 11 is 0. The molecule has 0 bridgehead atoms. The Kier molecular flexibility index (Phi) is 6.21. The molecule has 1 atom stereocenters. The normalized spacial score (nSPS) is 17.6. The van der Waals surface area contributed by atoms with Crippen LogP contribution in [-0.4, -0.2) is 43.5 Å². The van der Waals surface area contributed by atoms with Gasteiger partial charge < -0.3 is 10.6 Å². The number of benzene rings is 1. The SMILES string of the molecule is CS(=O)(=O)c1cccc(NC(=O)c2ccn(C3CCCNC3)n2)c1.Cl. The van der Waals surface area contributed by atoms with Gasteiger partial charge in [-0.05, 0) is 43.7 Å². The highest BCUT2D eigenvalue weighted by Gasteiger charge is 2.18. The van der Waals surface area contributed by atoms with Crippen LogP contribution in [0.3, 0.4) is 0 Å². The van der Waals surface area contributed by atoms with Crippen molar-refractivity contribution in [1.29, 1.82) is 0 Å². The second-order valence-corrected chi connectivity index (χ2v) is 7.95. The molecule has 25 heavy (non-hydrogen) atoms. The second kappa shape index (κ2) is 7.99. The van der Waals surface area contributed by atoms with Gasteiger partial charge in [0.2, 0.25) is 0 Å². The molecule has 2 heterocycles. The molecule has 7 nitrogen and oxygen atoms in total. The highest BCUT2D eigenvalue weighted by molar-refractivity contribution is 7.90. The average molecular weight is 385 g/mol. The first-order valence-electron chi connectivity index (χ1n) is 7.81. The summed E-state index contributed by atoms with van der Waals surface area (Å²) in [5.74, 6) is -0.358. The zero-order chi connectivity index (χ0) is 17.2. The lowest BCUT2D eigenvalue weighted by atomic mass is 10.1. The molecular formula is C16H21ClN4O3S. The highest BCUT2D eigenvalue weighted by atomic mass is 35.5. The van der Waals surface area contributed by atoms with Gasteiger partial charge in [-0.25, -0.2) is 8.42 Å². The van der Waals surface area contributed by atoms with Crippen LogP contribution in [-0.2, 0) is 9.84 Å². The van der Waals surface area contributed by atoms with Crippen molar-refractivity contribution < 1.29 is 13.2 Å². The van der Waals surface area contributed by atoms with Gasteiger partial charge in [0.25, 0.3) is 5.91 Å². The maximum Gasteiger partial charge on any atom is 0.276 e. The molecule has 1 unspecified atom stereocenters. The van der Waals surface area contributed by atoms with Crippen molar-refractivity contribution in [2.24, 2.45) is 0 Å². The number of aromatic nitrogens is 2. The Morgan fingerprint density at radius 1 is 1.36 bits per heavy atom. The number of piperidine rings is 1. The van der Waals surface area contributed by atoms with Gasteiger partial charge in [-0.3, -0.25) is 9.48 Å². The van der Waals surface area contributed by atoms with Crippen LogP contribution in [0.2, 0.25) is 0 Å². The highest BCUT2D eigenvalue weighted by Crippen LogP contribution is 2.18. The van der Waals surface area contributed by atoms with Crippen LogP contribution < -0.4 is 10.6 Å². The van der Waals surface area contributed by atoms with E-state index in [-0.39, 0.29) is 29.3 Å². The number of carbonyl (C=O) groups excluding carboxylic acids is 1. The van der Waals surface area contributed by atoms with Gasteiger partial charge in [-0.1, -0.05) is 6.07 Å².